The van der Waals surface area contributed by atoms with Crippen LogP contribution in [0.2, 0.25) is 0 Å². The number of ether oxygens (including phenoxy) is 3. The summed E-state index contributed by atoms with van der Waals surface area (Å²) >= 11 is 0. The summed E-state index contributed by atoms with van der Waals surface area (Å²) in [6, 6.07) is 8.34. The first-order valence-electron chi connectivity index (χ1n) is 15.6. The molecule has 17 nitrogen and oxygen atoms in total. The van der Waals surface area contributed by atoms with Crippen molar-refractivity contribution >= 4 is 30.8 Å². The SMILES string of the molecule is CCOC(=O)C(OP(=O)(NC1CCCCC1)OC[C@H]1O[C@@H](n2cnc3c(OCC)nc(N)nc32)[C@](C)(N=[N+]=[N-])[C@@H]1O)c1ccccc1. The summed E-state index contributed by atoms with van der Waals surface area (Å²) in [5.41, 5.74) is 14.7. The number of anilines is 1. The van der Waals surface area contributed by atoms with Crippen LogP contribution in [0, 0.1) is 0 Å². The molecule has 47 heavy (non-hydrogen) atoms. The fraction of sp³-hybridized carbons (Fsp3) is 0.586. The molecule has 2 aromatic heterocycles. The lowest BCUT2D eigenvalue weighted by atomic mass is 9.93. The number of nitrogens with two attached hydrogens (primary N) is 1. The van der Waals surface area contributed by atoms with Crippen molar-refractivity contribution in [2.75, 3.05) is 25.6 Å². The molecule has 3 heterocycles. The zero-order valence-corrected chi connectivity index (χ0v) is 27.4. The first kappa shape index (κ1) is 34.5. The van der Waals surface area contributed by atoms with Crippen molar-refractivity contribution in [2.24, 2.45) is 5.11 Å². The van der Waals surface area contributed by atoms with Crippen LogP contribution in [0.5, 0.6) is 5.88 Å². The van der Waals surface area contributed by atoms with E-state index in [4.69, 9.17) is 29.0 Å². The molecule has 5 rings (SSSR count). The van der Waals surface area contributed by atoms with E-state index >= 15 is 0 Å². The number of aliphatic hydroxyl groups excluding tert-OH is 1. The normalized spacial score (nSPS) is 25.1. The molecule has 0 radical (unpaired) electrons. The van der Waals surface area contributed by atoms with Gasteiger partial charge in [0.05, 0.1) is 32.3 Å². The van der Waals surface area contributed by atoms with Gasteiger partial charge in [0, 0.05) is 11.0 Å². The molecule has 1 saturated heterocycles. The van der Waals surface area contributed by atoms with E-state index in [9.17, 15) is 20.0 Å². The van der Waals surface area contributed by atoms with E-state index in [0.717, 1.165) is 32.1 Å². The van der Waals surface area contributed by atoms with Gasteiger partial charge >= 0.3 is 13.7 Å². The lowest BCUT2D eigenvalue weighted by Crippen LogP contribution is -2.43. The molecular formula is C29H40N9O8P. The number of esters is 1. The Kier molecular flexibility index (Phi) is 11.0. The van der Waals surface area contributed by atoms with Crippen LogP contribution >= 0.6 is 7.75 Å². The number of benzene rings is 1. The minimum atomic E-state index is -4.28. The van der Waals surface area contributed by atoms with E-state index in [0.29, 0.717) is 12.2 Å². The Morgan fingerprint density at radius 1 is 1.26 bits per heavy atom. The molecule has 6 atom stereocenters. The Morgan fingerprint density at radius 3 is 2.68 bits per heavy atom. The number of rotatable bonds is 14. The summed E-state index contributed by atoms with van der Waals surface area (Å²) in [5, 5.41) is 18.4. The topological polar surface area (TPSA) is 231 Å². The zero-order chi connectivity index (χ0) is 33.6. The van der Waals surface area contributed by atoms with Gasteiger partial charge in [-0.15, -0.1) is 0 Å². The molecule has 18 heteroatoms. The molecule has 1 saturated carbocycles. The van der Waals surface area contributed by atoms with Crippen molar-refractivity contribution in [2.45, 2.75) is 89.0 Å². The van der Waals surface area contributed by atoms with Crippen LogP contribution in [0.25, 0.3) is 21.6 Å². The largest absolute Gasteiger partial charge is 0.476 e. The average molecular weight is 674 g/mol. The smallest absolute Gasteiger partial charge is 0.407 e. The molecule has 0 bridgehead atoms. The number of nitrogen functional groups attached to an aromatic ring is 1. The number of azide groups is 1. The molecular weight excluding hydrogens is 633 g/mol. The predicted octanol–water partition coefficient (Wildman–Crippen LogP) is 4.50. The van der Waals surface area contributed by atoms with Gasteiger partial charge < -0.3 is 25.1 Å². The van der Waals surface area contributed by atoms with Crippen molar-refractivity contribution in [3.05, 3.63) is 52.7 Å². The third-order valence-electron chi connectivity index (χ3n) is 8.16. The highest BCUT2D eigenvalue weighted by atomic mass is 31.2. The molecule has 0 amide bonds. The second-order valence-electron chi connectivity index (χ2n) is 11.4. The molecule has 3 aromatic rings. The van der Waals surface area contributed by atoms with Crippen LogP contribution in [0.15, 0.2) is 41.8 Å². The minimum absolute atomic E-state index is 0.0831. The zero-order valence-electron chi connectivity index (χ0n) is 26.5. The van der Waals surface area contributed by atoms with Crippen LogP contribution in [0.4, 0.5) is 5.95 Å². The van der Waals surface area contributed by atoms with Gasteiger partial charge in [-0.25, -0.2) is 19.4 Å². The number of hydrogen-bond acceptors (Lipinski definition) is 13. The summed E-state index contributed by atoms with van der Waals surface area (Å²) in [4.78, 5) is 28.7. The summed E-state index contributed by atoms with van der Waals surface area (Å²) < 4.78 is 45.0. The first-order valence-corrected chi connectivity index (χ1v) is 17.1. The molecule has 1 aromatic carbocycles. The Morgan fingerprint density at radius 2 is 2.00 bits per heavy atom. The van der Waals surface area contributed by atoms with E-state index in [2.05, 4.69) is 30.1 Å². The fourth-order valence-electron chi connectivity index (χ4n) is 5.85. The van der Waals surface area contributed by atoms with Crippen LogP contribution in [-0.4, -0.2) is 74.2 Å². The molecule has 2 unspecified atom stereocenters. The number of nitrogens with zero attached hydrogens (tertiary/aromatic N) is 7. The molecule has 0 spiro atoms. The minimum Gasteiger partial charge on any atom is -0.476 e. The molecule has 2 fully saturated rings. The van der Waals surface area contributed by atoms with Crippen molar-refractivity contribution in [1.82, 2.24) is 24.6 Å². The number of carbonyl (C=O) groups is 1. The average Bonchev–Trinajstić information content (AvgIpc) is 3.58. The maximum atomic E-state index is 14.5. The maximum Gasteiger partial charge on any atom is 0.407 e. The molecule has 1 aliphatic heterocycles. The number of imidazole rings is 1. The van der Waals surface area contributed by atoms with Gasteiger partial charge in [0.1, 0.15) is 11.6 Å². The predicted molar refractivity (Wildman–Crippen MR) is 169 cm³/mol. The van der Waals surface area contributed by atoms with Crippen LogP contribution < -0.4 is 15.6 Å². The number of carbonyl (C=O) groups excluding carboxylic acids is 1. The van der Waals surface area contributed by atoms with Gasteiger partial charge in [0.2, 0.25) is 11.8 Å². The van der Waals surface area contributed by atoms with Crippen molar-refractivity contribution in [3.63, 3.8) is 0 Å². The van der Waals surface area contributed by atoms with Crippen molar-refractivity contribution in [3.8, 4) is 5.88 Å². The highest BCUT2D eigenvalue weighted by Gasteiger charge is 2.55. The number of nitrogens with one attached hydrogen (secondary N) is 1. The highest BCUT2D eigenvalue weighted by Crippen LogP contribution is 2.52. The molecule has 2 aliphatic rings. The van der Waals surface area contributed by atoms with Gasteiger partial charge in [-0.3, -0.25) is 13.6 Å². The Balaban J connectivity index is 1.44. The third-order valence-corrected chi connectivity index (χ3v) is 9.82. The quantitative estimate of drug-likeness (QED) is 0.0704. The van der Waals surface area contributed by atoms with Gasteiger partial charge in [-0.2, -0.15) is 9.97 Å². The lowest BCUT2D eigenvalue weighted by molar-refractivity contribution is -0.152. The number of aromatic nitrogens is 4. The Labute approximate surface area is 271 Å². The fourth-order valence-corrected chi connectivity index (χ4v) is 7.58. The summed E-state index contributed by atoms with van der Waals surface area (Å²) in [6.07, 6.45) is 0.587. The highest BCUT2D eigenvalue weighted by molar-refractivity contribution is 7.51. The Bertz CT molecular complexity index is 1630. The number of fused-ring (bicyclic) bond motifs is 1. The van der Waals surface area contributed by atoms with E-state index in [1.54, 1.807) is 44.2 Å². The standard InChI is InChI=1S/C29H40N9O8P/c1-4-42-25-21-24(33-28(30)34-25)38(17-32-21)27-29(3,36-37-31)23(39)20(45-27)16-44-47(41,35-19-14-10-7-11-15-19)46-22(26(40)43-5-2)18-12-8-6-9-13-18/h6,8-9,12-13,17,19-20,22-23,27,39H,4-5,7,10-11,14-16H2,1-3H3,(H,35,41)(H2,30,33,34)/t20-,22?,23-,27-,29-,47?/m1/s1. The van der Waals surface area contributed by atoms with Crippen LogP contribution in [-0.2, 0) is 27.9 Å². The van der Waals surface area contributed by atoms with Gasteiger partial charge in [-0.1, -0.05) is 54.7 Å². The van der Waals surface area contributed by atoms with Gasteiger partial charge in [0.25, 0.3) is 0 Å². The van der Waals surface area contributed by atoms with Crippen LogP contribution in [0.1, 0.15) is 70.8 Å². The number of aliphatic hydroxyl groups is 1. The second kappa shape index (κ2) is 14.9. The monoisotopic (exact) mass is 673 g/mol. The van der Waals surface area contributed by atoms with Gasteiger partial charge in [0.15, 0.2) is 23.5 Å². The number of hydrogen-bond donors (Lipinski definition) is 3. The van der Waals surface area contributed by atoms with Gasteiger partial charge in [-0.05, 0) is 44.7 Å². The van der Waals surface area contributed by atoms with E-state index < -0.39 is 50.4 Å². The first-order chi connectivity index (χ1) is 22.6. The van der Waals surface area contributed by atoms with E-state index in [1.165, 1.54) is 17.8 Å². The molecule has 4 N–H and O–H groups in total. The second-order valence-corrected chi connectivity index (χ2v) is 13.2. The van der Waals surface area contributed by atoms with Crippen LogP contribution in [0.3, 0.4) is 0 Å². The third kappa shape index (κ3) is 7.52. The lowest BCUT2D eigenvalue weighted by Gasteiger charge is -2.30. The van der Waals surface area contributed by atoms with Crippen molar-refractivity contribution < 1.29 is 37.7 Å². The van der Waals surface area contributed by atoms with Crippen molar-refractivity contribution in [1.29, 1.82) is 0 Å². The molecule has 1 aliphatic carbocycles. The Hall–Kier alpha value is -3.82. The van der Waals surface area contributed by atoms with E-state index in [-0.39, 0.29) is 35.6 Å². The summed E-state index contributed by atoms with van der Waals surface area (Å²) in [7, 11) is -4.28. The van der Waals surface area contributed by atoms with E-state index in [1.807, 2.05) is 0 Å². The molecule has 254 valence electrons. The summed E-state index contributed by atoms with van der Waals surface area (Å²) in [6.45, 7) is 4.86. The summed E-state index contributed by atoms with van der Waals surface area (Å²) in [5.74, 6) is -0.673. The maximum absolute atomic E-state index is 14.5.